The van der Waals surface area contributed by atoms with E-state index in [-0.39, 0.29) is 10.8 Å². The molecule has 0 aromatic heterocycles. The fourth-order valence-electron chi connectivity index (χ4n) is 3.24. The van der Waals surface area contributed by atoms with Crippen molar-refractivity contribution in [2.75, 3.05) is 44.7 Å². The second kappa shape index (κ2) is 7.61. The van der Waals surface area contributed by atoms with Gasteiger partial charge in [-0.2, -0.15) is 16.1 Å². The molecule has 0 bridgehead atoms. The minimum Gasteiger partial charge on any atom is -0.357 e. The number of nitrogens with zero attached hydrogens (tertiary/aromatic N) is 3. The molecule has 23 heavy (non-hydrogen) atoms. The van der Waals surface area contributed by atoms with Crippen LogP contribution in [0.15, 0.2) is 4.99 Å². The molecule has 2 aliphatic rings. The third-order valence-corrected chi connectivity index (χ3v) is 6.89. The van der Waals surface area contributed by atoms with Crippen LogP contribution in [0.3, 0.4) is 0 Å². The number of aliphatic imine (C=N–C) groups is 1. The lowest BCUT2D eigenvalue weighted by Gasteiger charge is -2.39. The van der Waals surface area contributed by atoms with Gasteiger partial charge in [0.15, 0.2) is 5.96 Å². The molecular weight excluding hydrogens is 332 g/mol. The van der Waals surface area contributed by atoms with Gasteiger partial charge in [0.2, 0.25) is 10.0 Å². The molecule has 2 rings (SSSR count). The molecule has 1 atom stereocenters. The van der Waals surface area contributed by atoms with Gasteiger partial charge in [-0.25, -0.2) is 8.42 Å². The summed E-state index contributed by atoms with van der Waals surface area (Å²) in [4.78, 5) is 7.07. The summed E-state index contributed by atoms with van der Waals surface area (Å²) < 4.78 is 25.5. The van der Waals surface area contributed by atoms with Gasteiger partial charge in [0.1, 0.15) is 0 Å². The average Bonchev–Trinajstić information content (AvgIpc) is 2.90. The van der Waals surface area contributed by atoms with Crippen LogP contribution in [-0.2, 0) is 10.0 Å². The summed E-state index contributed by atoms with van der Waals surface area (Å²) in [5.41, 5.74) is 0. The summed E-state index contributed by atoms with van der Waals surface area (Å²) in [5.74, 6) is 2.01. The maximum absolute atomic E-state index is 11.8. The molecule has 0 aliphatic carbocycles. The van der Waals surface area contributed by atoms with Gasteiger partial charge in [-0.05, 0) is 33.6 Å². The molecule has 0 radical (unpaired) electrons. The summed E-state index contributed by atoms with van der Waals surface area (Å²) in [6.45, 7) is 10.5. The smallest absolute Gasteiger partial charge is 0.211 e. The van der Waals surface area contributed by atoms with Gasteiger partial charge in [-0.15, -0.1) is 0 Å². The topological polar surface area (TPSA) is 65.0 Å². The first kappa shape index (κ1) is 18.9. The van der Waals surface area contributed by atoms with E-state index in [1.54, 1.807) is 4.31 Å². The lowest BCUT2D eigenvalue weighted by Crippen LogP contribution is -2.51. The van der Waals surface area contributed by atoms with Crippen LogP contribution in [-0.4, -0.2) is 79.1 Å². The Labute approximate surface area is 145 Å². The molecule has 134 valence electrons. The first-order chi connectivity index (χ1) is 10.7. The molecule has 2 fully saturated rings. The van der Waals surface area contributed by atoms with E-state index in [0.717, 1.165) is 44.2 Å². The van der Waals surface area contributed by atoms with Crippen LogP contribution < -0.4 is 5.32 Å². The number of guanidine groups is 1. The second-order valence-corrected chi connectivity index (χ2v) is 10.6. The Bertz CT molecular complexity index is 534. The average molecular weight is 363 g/mol. The van der Waals surface area contributed by atoms with E-state index in [1.165, 1.54) is 6.26 Å². The molecule has 0 amide bonds. The molecule has 0 aromatic carbocycles. The van der Waals surface area contributed by atoms with Crippen molar-refractivity contribution in [1.82, 2.24) is 14.5 Å². The highest BCUT2D eigenvalue weighted by Gasteiger charge is 2.32. The Hall–Kier alpha value is -0.470. The monoisotopic (exact) mass is 362 g/mol. The SMILES string of the molecule is CCNC(=NC[C@H]1CCCN1S(C)(=O)=O)N1CCSC(C)(C)C1. The van der Waals surface area contributed by atoms with Gasteiger partial charge in [0, 0.05) is 42.7 Å². The van der Waals surface area contributed by atoms with Gasteiger partial charge in [0.25, 0.3) is 0 Å². The Morgan fingerprint density at radius 2 is 2.13 bits per heavy atom. The predicted molar refractivity (Wildman–Crippen MR) is 98.7 cm³/mol. The van der Waals surface area contributed by atoms with Crippen LogP contribution >= 0.6 is 11.8 Å². The van der Waals surface area contributed by atoms with Crippen LogP contribution in [0, 0.1) is 0 Å². The van der Waals surface area contributed by atoms with Gasteiger partial charge in [0.05, 0.1) is 12.8 Å². The van der Waals surface area contributed by atoms with Gasteiger partial charge < -0.3 is 10.2 Å². The molecule has 0 spiro atoms. The van der Waals surface area contributed by atoms with E-state index >= 15 is 0 Å². The molecule has 0 aromatic rings. The van der Waals surface area contributed by atoms with Crippen molar-refractivity contribution in [2.45, 2.75) is 44.4 Å². The normalized spacial score (nSPS) is 26.5. The van der Waals surface area contributed by atoms with Crippen LogP contribution in [0.4, 0.5) is 0 Å². The highest BCUT2D eigenvalue weighted by Crippen LogP contribution is 2.29. The fraction of sp³-hybridized carbons (Fsp3) is 0.933. The lowest BCUT2D eigenvalue weighted by atomic mass is 10.2. The van der Waals surface area contributed by atoms with E-state index in [9.17, 15) is 8.42 Å². The molecule has 2 saturated heterocycles. The van der Waals surface area contributed by atoms with Crippen LogP contribution in [0.25, 0.3) is 0 Å². The van der Waals surface area contributed by atoms with Crippen molar-refractivity contribution in [1.29, 1.82) is 0 Å². The summed E-state index contributed by atoms with van der Waals surface area (Å²) in [7, 11) is -3.13. The summed E-state index contributed by atoms with van der Waals surface area (Å²) >= 11 is 1.99. The molecule has 0 saturated carbocycles. The quantitative estimate of drug-likeness (QED) is 0.601. The fourth-order valence-corrected chi connectivity index (χ4v) is 5.53. The third-order valence-electron chi connectivity index (χ3n) is 4.26. The predicted octanol–water partition coefficient (Wildman–Crippen LogP) is 1.20. The van der Waals surface area contributed by atoms with Crippen LogP contribution in [0.2, 0.25) is 0 Å². The molecule has 2 heterocycles. The Balaban J connectivity index is 2.07. The maximum atomic E-state index is 11.8. The zero-order chi connectivity index (χ0) is 17.1. The molecule has 6 nitrogen and oxygen atoms in total. The minimum atomic E-state index is -3.13. The molecule has 0 unspecified atom stereocenters. The minimum absolute atomic E-state index is 0.00540. The number of hydrogen-bond acceptors (Lipinski definition) is 4. The zero-order valence-corrected chi connectivity index (χ0v) is 16.3. The molecular formula is C15H30N4O2S2. The Morgan fingerprint density at radius 3 is 2.74 bits per heavy atom. The van der Waals surface area contributed by atoms with Gasteiger partial charge in [-0.3, -0.25) is 4.99 Å². The second-order valence-electron chi connectivity index (χ2n) is 6.89. The van der Waals surface area contributed by atoms with Crippen molar-refractivity contribution in [2.24, 2.45) is 4.99 Å². The van der Waals surface area contributed by atoms with Gasteiger partial charge >= 0.3 is 0 Å². The van der Waals surface area contributed by atoms with Gasteiger partial charge in [-0.1, -0.05) is 0 Å². The number of hydrogen-bond donors (Lipinski definition) is 1. The highest BCUT2D eigenvalue weighted by molar-refractivity contribution is 8.00. The summed E-state index contributed by atoms with van der Waals surface area (Å²) in [6, 6.07) is 0.00540. The highest BCUT2D eigenvalue weighted by atomic mass is 32.2. The lowest BCUT2D eigenvalue weighted by molar-refractivity contribution is 0.368. The van der Waals surface area contributed by atoms with Crippen LogP contribution in [0.5, 0.6) is 0 Å². The Kier molecular flexibility index (Phi) is 6.24. The van der Waals surface area contributed by atoms with E-state index in [2.05, 4.69) is 31.0 Å². The van der Waals surface area contributed by atoms with Crippen molar-refractivity contribution in [3.63, 3.8) is 0 Å². The van der Waals surface area contributed by atoms with Crippen molar-refractivity contribution in [3.05, 3.63) is 0 Å². The number of nitrogens with one attached hydrogen (secondary N) is 1. The third kappa shape index (κ3) is 5.26. The van der Waals surface area contributed by atoms with E-state index in [0.29, 0.717) is 13.1 Å². The standard InChI is InChI=1S/C15H30N4O2S2/c1-5-16-14(18-9-10-22-15(2,3)12-18)17-11-13-7-6-8-19(13)23(4,20)21/h13H,5-12H2,1-4H3,(H,16,17)/t13-/m1/s1. The molecule has 8 heteroatoms. The molecule has 2 aliphatic heterocycles. The van der Waals surface area contributed by atoms with E-state index in [1.807, 2.05) is 11.8 Å². The number of rotatable bonds is 4. The zero-order valence-electron chi connectivity index (χ0n) is 14.7. The Morgan fingerprint density at radius 1 is 1.39 bits per heavy atom. The van der Waals surface area contributed by atoms with E-state index in [4.69, 9.17) is 4.99 Å². The molecule has 1 N–H and O–H groups in total. The summed E-state index contributed by atoms with van der Waals surface area (Å²) in [5, 5.41) is 3.37. The van der Waals surface area contributed by atoms with Crippen molar-refractivity contribution < 1.29 is 8.42 Å². The van der Waals surface area contributed by atoms with Crippen LogP contribution in [0.1, 0.15) is 33.6 Å². The number of sulfonamides is 1. The summed E-state index contributed by atoms with van der Waals surface area (Å²) in [6.07, 6.45) is 3.12. The van der Waals surface area contributed by atoms with Crippen molar-refractivity contribution in [3.8, 4) is 0 Å². The van der Waals surface area contributed by atoms with E-state index < -0.39 is 10.0 Å². The largest absolute Gasteiger partial charge is 0.357 e. The maximum Gasteiger partial charge on any atom is 0.211 e. The van der Waals surface area contributed by atoms with Crippen molar-refractivity contribution >= 4 is 27.7 Å². The first-order valence-electron chi connectivity index (χ1n) is 8.37. The first-order valence-corrected chi connectivity index (χ1v) is 11.2. The number of thioether (sulfide) groups is 1.